The van der Waals surface area contributed by atoms with Crippen molar-refractivity contribution in [3.63, 3.8) is 0 Å². The molecule has 0 saturated carbocycles. The summed E-state index contributed by atoms with van der Waals surface area (Å²) in [5, 5.41) is 5.95. The highest BCUT2D eigenvalue weighted by atomic mass is 35.5. The van der Waals surface area contributed by atoms with Crippen LogP contribution in [0.1, 0.15) is 11.4 Å². The van der Waals surface area contributed by atoms with Crippen molar-refractivity contribution < 1.29 is 4.52 Å². The lowest BCUT2D eigenvalue weighted by atomic mass is 10.2. The summed E-state index contributed by atoms with van der Waals surface area (Å²) >= 11 is 6.09. The van der Waals surface area contributed by atoms with E-state index < -0.39 is 0 Å². The molecule has 24 heavy (non-hydrogen) atoms. The zero-order valence-electron chi connectivity index (χ0n) is 13.4. The lowest BCUT2D eigenvalue weighted by Gasteiger charge is -2.34. The largest absolute Gasteiger partial charge is 0.356 e. The van der Waals surface area contributed by atoms with Crippen LogP contribution < -0.4 is 0 Å². The summed E-state index contributed by atoms with van der Waals surface area (Å²) < 4.78 is 5.39. The molecule has 1 aromatic carbocycles. The van der Waals surface area contributed by atoms with Gasteiger partial charge in [0.1, 0.15) is 5.69 Å². The Bertz CT molecular complexity index is 812. The van der Waals surface area contributed by atoms with Crippen LogP contribution in [0.4, 0.5) is 0 Å². The standard InChI is InChI=1S/C18H19ClN4O/c19-14-4-5-18-16(11-14)17(21-24-18)13-23-9-7-22(8-10-23)12-15-3-1-2-6-20-15/h1-6,11H,7-10,12-13H2. The summed E-state index contributed by atoms with van der Waals surface area (Å²) in [4.78, 5) is 9.26. The first-order valence-electron chi connectivity index (χ1n) is 8.16. The number of hydrogen-bond acceptors (Lipinski definition) is 5. The molecule has 0 bridgehead atoms. The summed E-state index contributed by atoms with van der Waals surface area (Å²) in [6.07, 6.45) is 1.85. The van der Waals surface area contributed by atoms with Gasteiger partial charge in [-0.2, -0.15) is 0 Å². The molecule has 3 aromatic rings. The van der Waals surface area contributed by atoms with Crippen LogP contribution in [0, 0.1) is 0 Å². The maximum Gasteiger partial charge on any atom is 0.167 e. The van der Waals surface area contributed by atoms with E-state index in [9.17, 15) is 0 Å². The Labute approximate surface area is 145 Å². The van der Waals surface area contributed by atoms with E-state index in [1.54, 1.807) is 0 Å². The van der Waals surface area contributed by atoms with Crippen LogP contribution in [0.15, 0.2) is 47.1 Å². The van der Waals surface area contributed by atoms with Crippen molar-refractivity contribution in [3.05, 3.63) is 59.0 Å². The molecule has 3 heterocycles. The number of benzene rings is 1. The number of aromatic nitrogens is 2. The van der Waals surface area contributed by atoms with Crippen LogP contribution in [0.25, 0.3) is 11.0 Å². The van der Waals surface area contributed by atoms with Crippen molar-refractivity contribution >= 4 is 22.6 Å². The highest BCUT2D eigenvalue weighted by Gasteiger charge is 2.19. The van der Waals surface area contributed by atoms with E-state index in [1.807, 2.05) is 36.5 Å². The second-order valence-electron chi connectivity index (χ2n) is 6.14. The van der Waals surface area contributed by atoms with E-state index in [2.05, 4.69) is 26.0 Å². The van der Waals surface area contributed by atoms with Gasteiger partial charge >= 0.3 is 0 Å². The Kier molecular flexibility index (Phi) is 4.47. The van der Waals surface area contributed by atoms with E-state index in [0.717, 1.165) is 61.6 Å². The second kappa shape index (κ2) is 6.89. The average Bonchev–Trinajstić information content (AvgIpc) is 3.00. The maximum atomic E-state index is 6.09. The smallest absolute Gasteiger partial charge is 0.167 e. The highest BCUT2D eigenvalue weighted by Crippen LogP contribution is 2.24. The third-order valence-electron chi connectivity index (χ3n) is 4.46. The van der Waals surface area contributed by atoms with Crippen LogP contribution in [0.2, 0.25) is 5.02 Å². The summed E-state index contributed by atoms with van der Waals surface area (Å²) in [7, 11) is 0. The van der Waals surface area contributed by atoms with Gasteiger partial charge in [0.15, 0.2) is 5.58 Å². The SMILES string of the molecule is Clc1ccc2onc(CN3CCN(Cc4ccccn4)CC3)c2c1. The average molecular weight is 343 g/mol. The zero-order valence-corrected chi connectivity index (χ0v) is 14.1. The van der Waals surface area contributed by atoms with Gasteiger partial charge in [-0.1, -0.05) is 22.8 Å². The lowest BCUT2D eigenvalue weighted by molar-refractivity contribution is 0.119. The van der Waals surface area contributed by atoms with Crippen molar-refractivity contribution in [2.45, 2.75) is 13.1 Å². The fraction of sp³-hybridized carbons (Fsp3) is 0.333. The fourth-order valence-electron chi connectivity index (χ4n) is 3.11. The molecule has 0 atom stereocenters. The monoisotopic (exact) mass is 342 g/mol. The number of pyridine rings is 1. The number of fused-ring (bicyclic) bond motifs is 1. The third kappa shape index (κ3) is 3.43. The number of hydrogen-bond donors (Lipinski definition) is 0. The molecule has 0 aliphatic carbocycles. The number of rotatable bonds is 4. The summed E-state index contributed by atoms with van der Waals surface area (Å²) in [6.45, 7) is 5.81. The Morgan fingerprint density at radius 3 is 2.54 bits per heavy atom. The maximum absolute atomic E-state index is 6.09. The van der Waals surface area contributed by atoms with Gasteiger partial charge in [0.25, 0.3) is 0 Å². The molecule has 0 amide bonds. The van der Waals surface area contributed by atoms with Crippen molar-refractivity contribution in [2.24, 2.45) is 0 Å². The van der Waals surface area contributed by atoms with Gasteiger partial charge in [-0.05, 0) is 30.3 Å². The predicted octanol–water partition coefficient (Wildman–Crippen LogP) is 3.19. The molecule has 1 aliphatic heterocycles. The minimum atomic E-state index is 0.715. The van der Waals surface area contributed by atoms with Crippen molar-refractivity contribution in [1.82, 2.24) is 19.9 Å². The predicted molar refractivity (Wildman–Crippen MR) is 93.8 cm³/mol. The molecule has 2 aromatic heterocycles. The first-order chi connectivity index (χ1) is 11.8. The number of nitrogens with zero attached hydrogens (tertiary/aromatic N) is 4. The summed E-state index contributed by atoms with van der Waals surface area (Å²) in [5.74, 6) is 0. The highest BCUT2D eigenvalue weighted by molar-refractivity contribution is 6.31. The molecule has 1 aliphatic rings. The van der Waals surface area contributed by atoms with E-state index >= 15 is 0 Å². The molecule has 4 rings (SSSR count). The van der Waals surface area contributed by atoms with Gasteiger partial charge in [-0.3, -0.25) is 14.8 Å². The second-order valence-corrected chi connectivity index (χ2v) is 6.58. The zero-order chi connectivity index (χ0) is 16.4. The first-order valence-corrected chi connectivity index (χ1v) is 8.54. The first kappa shape index (κ1) is 15.6. The van der Waals surface area contributed by atoms with Crippen molar-refractivity contribution in [3.8, 4) is 0 Å². The summed E-state index contributed by atoms with van der Waals surface area (Å²) in [6, 6.07) is 11.7. The Morgan fingerprint density at radius 1 is 1.00 bits per heavy atom. The van der Waals surface area contributed by atoms with Gasteiger partial charge in [-0.15, -0.1) is 0 Å². The molecule has 6 heteroatoms. The van der Waals surface area contributed by atoms with E-state index in [-0.39, 0.29) is 0 Å². The molecule has 0 unspecified atom stereocenters. The van der Waals surface area contributed by atoms with Crippen LogP contribution >= 0.6 is 11.6 Å². The molecule has 0 spiro atoms. The molecule has 124 valence electrons. The van der Waals surface area contributed by atoms with E-state index in [4.69, 9.17) is 16.1 Å². The van der Waals surface area contributed by atoms with Crippen LogP contribution in [0.5, 0.6) is 0 Å². The molecule has 1 saturated heterocycles. The minimum absolute atomic E-state index is 0.715. The van der Waals surface area contributed by atoms with Crippen LogP contribution in [-0.4, -0.2) is 46.1 Å². The Balaban J connectivity index is 1.36. The van der Waals surface area contributed by atoms with E-state index in [1.165, 1.54) is 0 Å². The molecule has 5 nitrogen and oxygen atoms in total. The Morgan fingerprint density at radius 2 is 1.79 bits per heavy atom. The molecular formula is C18H19ClN4O. The van der Waals surface area contributed by atoms with E-state index in [0.29, 0.717) is 5.02 Å². The number of piperazine rings is 1. The lowest BCUT2D eigenvalue weighted by Crippen LogP contribution is -2.45. The molecular weight excluding hydrogens is 324 g/mol. The fourth-order valence-corrected chi connectivity index (χ4v) is 3.28. The normalized spacial score (nSPS) is 16.7. The van der Waals surface area contributed by atoms with Gasteiger partial charge < -0.3 is 4.52 Å². The summed E-state index contributed by atoms with van der Waals surface area (Å²) in [5.41, 5.74) is 2.89. The molecule has 1 fully saturated rings. The van der Waals surface area contributed by atoms with Gasteiger partial charge in [-0.25, -0.2) is 0 Å². The van der Waals surface area contributed by atoms with Crippen LogP contribution in [0.3, 0.4) is 0 Å². The van der Waals surface area contributed by atoms with Gasteiger partial charge in [0, 0.05) is 55.9 Å². The Hall–Kier alpha value is -1.95. The van der Waals surface area contributed by atoms with Gasteiger partial charge in [0.05, 0.1) is 5.69 Å². The molecule has 0 radical (unpaired) electrons. The van der Waals surface area contributed by atoms with Gasteiger partial charge in [0.2, 0.25) is 0 Å². The topological polar surface area (TPSA) is 45.4 Å². The van der Waals surface area contributed by atoms with Crippen molar-refractivity contribution in [1.29, 1.82) is 0 Å². The van der Waals surface area contributed by atoms with Crippen molar-refractivity contribution in [2.75, 3.05) is 26.2 Å². The minimum Gasteiger partial charge on any atom is -0.356 e. The van der Waals surface area contributed by atoms with Crippen LogP contribution in [-0.2, 0) is 13.1 Å². The third-order valence-corrected chi connectivity index (χ3v) is 4.69. The molecule has 0 N–H and O–H groups in total. The quantitative estimate of drug-likeness (QED) is 0.728. The number of halogens is 1.